The van der Waals surface area contributed by atoms with Gasteiger partial charge >= 0.3 is 0 Å². The van der Waals surface area contributed by atoms with Crippen LogP contribution in [-0.4, -0.2) is 11.7 Å². The molecule has 0 fully saturated rings. The minimum atomic E-state index is -0.392. The van der Waals surface area contributed by atoms with Crippen molar-refractivity contribution < 1.29 is 4.39 Å². The molecule has 5 heteroatoms. The van der Waals surface area contributed by atoms with E-state index in [1.807, 2.05) is 18.2 Å². The van der Waals surface area contributed by atoms with Crippen LogP contribution in [0.4, 0.5) is 4.39 Å². The minimum absolute atomic E-state index is 0.150. The molecule has 1 aliphatic rings. The van der Waals surface area contributed by atoms with E-state index < -0.39 is 5.82 Å². The van der Waals surface area contributed by atoms with E-state index in [-0.39, 0.29) is 5.02 Å². The van der Waals surface area contributed by atoms with E-state index in [2.05, 4.69) is 22.4 Å². The summed E-state index contributed by atoms with van der Waals surface area (Å²) in [4.78, 5) is 4.51. The van der Waals surface area contributed by atoms with Crippen molar-refractivity contribution in [1.29, 1.82) is 0 Å². The minimum Gasteiger partial charge on any atom is -0.361 e. The van der Waals surface area contributed by atoms with Crippen molar-refractivity contribution in [3.8, 4) is 0 Å². The molecule has 0 radical (unpaired) electrons. The highest BCUT2D eigenvalue weighted by Gasteiger charge is 2.20. The van der Waals surface area contributed by atoms with E-state index in [1.165, 1.54) is 11.6 Å². The quantitative estimate of drug-likeness (QED) is 0.905. The van der Waals surface area contributed by atoms with Crippen molar-refractivity contribution in [3.63, 3.8) is 0 Å². The number of benzene rings is 2. The summed E-state index contributed by atoms with van der Waals surface area (Å²) in [5.74, 6) is -0.392. The number of thioether (sulfide) groups is 1. The molecule has 0 aliphatic carbocycles. The summed E-state index contributed by atoms with van der Waals surface area (Å²) in [7, 11) is 0. The lowest BCUT2D eigenvalue weighted by Gasteiger charge is -2.09. The van der Waals surface area contributed by atoms with Gasteiger partial charge in [-0.05, 0) is 23.3 Å². The third-order valence-electron chi connectivity index (χ3n) is 3.25. The number of nitrogens with zero attached hydrogens (tertiary/aromatic N) is 1. The number of hydrogen-bond acceptors (Lipinski definition) is 3. The summed E-state index contributed by atoms with van der Waals surface area (Å²) in [5, 5.41) is 4.71. The number of rotatable bonds is 3. The second kappa shape index (κ2) is 6.50. The highest BCUT2D eigenvalue weighted by Crippen LogP contribution is 2.34. The molecule has 108 valence electrons. The Morgan fingerprint density at radius 3 is 2.81 bits per heavy atom. The molecule has 1 atom stereocenters. The van der Waals surface area contributed by atoms with Crippen LogP contribution in [0.3, 0.4) is 0 Å². The third kappa shape index (κ3) is 3.57. The fourth-order valence-electron chi connectivity index (χ4n) is 2.14. The van der Waals surface area contributed by atoms with Gasteiger partial charge in [-0.3, -0.25) is 4.99 Å². The lowest BCUT2D eigenvalue weighted by Crippen LogP contribution is -2.18. The van der Waals surface area contributed by atoms with E-state index >= 15 is 0 Å². The van der Waals surface area contributed by atoms with Gasteiger partial charge in [0.25, 0.3) is 0 Å². The van der Waals surface area contributed by atoms with Gasteiger partial charge in [0.1, 0.15) is 5.82 Å². The molecule has 3 rings (SSSR count). The van der Waals surface area contributed by atoms with Gasteiger partial charge in [-0.15, -0.1) is 0 Å². The summed E-state index contributed by atoms with van der Waals surface area (Å²) in [6.45, 7) is 1.37. The normalized spacial score (nSPS) is 17.6. The molecule has 1 aliphatic heterocycles. The molecule has 2 aromatic rings. The first kappa shape index (κ1) is 14.4. The zero-order valence-electron chi connectivity index (χ0n) is 11.2. The summed E-state index contributed by atoms with van der Waals surface area (Å²) in [6.07, 6.45) is 0. The molecule has 0 aromatic heterocycles. The Hall–Kier alpha value is -1.52. The van der Waals surface area contributed by atoms with E-state index in [0.29, 0.717) is 11.8 Å². The second-order valence-electron chi connectivity index (χ2n) is 4.77. The van der Waals surface area contributed by atoms with Crippen LogP contribution in [0.5, 0.6) is 0 Å². The number of hydrogen-bond donors (Lipinski definition) is 1. The number of aliphatic imine (C=N–C) groups is 1. The first-order chi connectivity index (χ1) is 10.2. The largest absolute Gasteiger partial charge is 0.361 e. The molecule has 0 saturated heterocycles. The smallest absolute Gasteiger partial charge is 0.157 e. The third-order valence-corrected chi connectivity index (χ3v) is 4.75. The zero-order chi connectivity index (χ0) is 14.7. The molecule has 21 heavy (non-hydrogen) atoms. The maximum atomic E-state index is 13.1. The van der Waals surface area contributed by atoms with Crippen molar-refractivity contribution >= 4 is 28.5 Å². The molecule has 0 saturated carbocycles. The second-order valence-corrected chi connectivity index (χ2v) is 6.36. The highest BCUT2D eigenvalue weighted by atomic mass is 35.5. The molecular formula is C16H14ClFN2S. The van der Waals surface area contributed by atoms with Crippen LogP contribution in [0.25, 0.3) is 0 Å². The summed E-state index contributed by atoms with van der Waals surface area (Å²) < 4.78 is 13.1. The van der Waals surface area contributed by atoms with Crippen molar-refractivity contribution in [2.75, 3.05) is 6.54 Å². The molecule has 2 nitrogen and oxygen atoms in total. The fraction of sp³-hybridized carbons (Fsp3) is 0.188. The first-order valence-electron chi connectivity index (χ1n) is 6.66. The van der Waals surface area contributed by atoms with Crippen LogP contribution in [0.2, 0.25) is 5.02 Å². The van der Waals surface area contributed by atoms with Crippen molar-refractivity contribution in [3.05, 3.63) is 70.5 Å². The van der Waals surface area contributed by atoms with Crippen LogP contribution in [0, 0.1) is 5.82 Å². The highest BCUT2D eigenvalue weighted by molar-refractivity contribution is 8.14. The van der Waals surface area contributed by atoms with Gasteiger partial charge in [0.2, 0.25) is 0 Å². The Bertz CT molecular complexity index is 661. The lowest BCUT2D eigenvalue weighted by atomic mass is 10.1. The Morgan fingerprint density at radius 2 is 2.05 bits per heavy atom. The first-order valence-corrected chi connectivity index (χ1v) is 7.92. The molecule has 0 amide bonds. The number of nitrogens with one attached hydrogen (secondary N) is 1. The molecule has 2 aromatic carbocycles. The Morgan fingerprint density at radius 1 is 1.24 bits per heavy atom. The maximum absolute atomic E-state index is 13.1. The van der Waals surface area contributed by atoms with Crippen LogP contribution in [-0.2, 0) is 6.54 Å². The Labute approximate surface area is 132 Å². The van der Waals surface area contributed by atoms with Gasteiger partial charge in [-0.1, -0.05) is 59.8 Å². The van der Waals surface area contributed by atoms with Crippen LogP contribution < -0.4 is 5.32 Å². The zero-order valence-corrected chi connectivity index (χ0v) is 12.8. The molecule has 1 unspecified atom stereocenters. The standard InChI is InChI=1S/C16H14ClFN2S/c17-13-8-11(6-7-14(13)18)9-19-16-20-10-15(21-16)12-4-2-1-3-5-12/h1-8,15H,9-10H2,(H,19,20). The Kier molecular flexibility index (Phi) is 4.46. The van der Waals surface area contributed by atoms with Crippen LogP contribution in [0.15, 0.2) is 53.5 Å². The predicted octanol–water partition coefficient (Wildman–Crippen LogP) is 4.41. The van der Waals surface area contributed by atoms with Gasteiger partial charge in [0.15, 0.2) is 5.17 Å². The predicted molar refractivity (Wildman–Crippen MR) is 87.3 cm³/mol. The summed E-state index contributed by atoms with van der Waals surface area (Å²) >= 11 is 7.50. The molecule has 1 N–H and O–H groups in total. The topological polar surface area (TPSA) is 24.4 Å². The average molecular weight is 321 g/mol. The van der Waals surface area contributed by atoms with Gasteiger partial charge in [-0.2, -0.15) is 0 Å². The number of amidine groups is 1. The van der Waals surface area contributed by atoms with E-state index in [1.54, 1.807) is 23.9 Å². The van der Waals surface area contributed by atoms with E-state index in [0.717, 1.165) is 17.3 Å². The summed E-state index contributed by atoms with van der Waals surface area (Å²) in [6, 6.07) is 15.1. The Balaban J connectivity index is 1.56. The number of halogens is 2. The van der Waals surface area contributed by atoms with E-state index in [4.69, 9.17) is 11.6 Å². The average Bonchev–Trinajstić information content (AvgIpc) is 2.98. The SMILES string of the molecule is Fc1ccc(CNC2=NCC(c3ccccc3)S2)cc1Cl. The van der Waals surface area contributed by atoms with Crippen LogP contribution in [0.1, 0.15) is 16.4 Å². The molecule has 0 bridgehead atoms. The fourth-order valence-corrected chi connectivity index (χ4v) is 3.36. The van der Waals surface area contributed by atoms with Crippen molar-refractivity contribution in [2.24, 2.45) is 4.99 Å². The molecule has 0 spiro atoms. The van der Waals surface area contributed by atoms with Gasteiger partial charge in [-0.25, -0.2) is 4.39 Å². The van der Waals surface area contributed by atoms with Gasteiger partial charge in [0.05, 0.1) is 16.8 Å². The molecular weight excluding hydrogens is 307 g/mol. The van der Waals surface area contributed by atoms with E-state index in [9.17, 15) is 4.39 Å². The van der Waals surface area contributed by atoms with Gasteiger partial charge < -0.3 is 5.32 Å². The lowest BCUT2D eigenvalue weighted by molar-refractivity contribution is 0.627. The monoisotopic (exact) mass is 320 g/mol. The van der Waals surface area contributed by atoms with Crippen molar-refractivity contribution in [2.45, 2.75) is 11.8 Å². The maximum Gasteiger partial charge on any atom is 0.157 e. The summed E-state index contributed by atoms with van der Waals surface area (Å²) in [5.41, 5.74) is 2.22. The van der Waals surface area contributed by atoms with Crippen LogP contribution >= 0.6 is 23.4 Å². The van der Waals surface area contributed by atoms with Crippen molar-refractivity contribution in [1.82, 2.24) is 5.32 Å². The molecule has 1 heterocycles. The van der Waals surface area contributed by atoms with Gasteiger partial charge in [0, 0.05) is 6.54 Å².